The van der Waals surface area contributed by atoms with Crippen LogP contribution >= 0.6 is 0 Å². The molecule has 36 heavy (non-hydrogen) atoms. The lowest BCUT2D eigenvalue weighted by molar-refractivity contribution is -0.138. The van der Waals surface area contributed by atoms with E-state index in [0.29, 0.717) is 12.4 Å². The maximum atomic E-state index is 15.1. The molecule has 0 saturated carbocycles. The molecule has 0 aromatic carbocycles. The molecule has 2 amide bonds. The van der Waals surface area contributed by atoms with Gasteiger partial charge in [-0.3, -0.25) is 4.79 Å². The number of alkyl halides is 3. The predicted octanol–water partition coefficient (Wildman–Crippen LogP) is 3.17. The lowest BCUT2D eigenvalue weighted by atomic mass is 10.1. The van der Waals surface area contributed by atoms with Gasteiger partial charge in [0.1, 0.15) is 19.3 Å². The first-order chi connectivity index (χ1) is 16.7. The first kappa shape index (κ1) is 26.9. The van der Waals surface area contributed by atoms with Crippen LogP contribution in [0.2, 0.25) is 0 Å². The highest BCUT2D eigenvalue weighted by Crippen LogP contribution is 2.30. The fraction of sp³-hybridized carbons (Fsp3) is 0.500. The minimum atomic E-state index is -4.57. The molecule has 0 aliphatic carbocycles. The predicted molar refractivity (Wildman–Crippen MR) is 120 cm³/mol. The Labute approximate surface area is 204 Å². The van der Waals surface area contributed by atoms with Crippen LogP contribution < -0.4 is 19.9 Å². The summed E-state index contributed by atoms with van der Waals surface area (Å²) in [5.41, 5.74) is -1.57. The summed E-state index contributed by atoms with van der Waals surface area (Å²) in [6.07, 6.45) is -3.39. The van der Waals surface area contributed by atoms with E-state index in [-0.39, 0.29) is 43.8 Å². The van der Waals surface area contributed by atoms with Gasteiger partial charge < -0.3 is 24.6 Å². The Morgan fingerprint density at radius 2 is 1.83 bits per heavy atom. The topological polar surface area (TPSA) is 110 Å². The van der Waals surface area contributed by atoms with Crippen molar-refractivity contribution < 1.29 is 36.6 Å². The number of pyridine rings is 1. The molecule has 1 aliphatic heterocycles. The molecule has 1 atom stereocenters. The molecule has 1 saturated heterocycles. The number of carbonyl (C=O) groups excluding carboxylic acids is 2. The third-order valence-electron chi connectivity index (χ3n) is 4.84. The molecule has 2 aromatic rings. The molecule has 1 aliphatic rings. The van der Waals surface area contributed by atoms with E-state index in [4.69, 9.17) is 9.47 Å². The average Bonchev–Trinajstić information content (AvgIpc) is 2.77. The summed E-state index contributed by atoms with van der Waals surface area (Å²) in [5, 5.41) is 2.63. The fourth-order valence-electron chi connectivity index (χ4n) is 3.20. The maximum Gasteiger partial charge on any atom is 0.419 e. The Kier molecular flexibility index (Phi) is 7.84. The van der Waals surface area contributed by atoms with Gasteiger partial charge in [-0.1, -0.05) is 0 Å². The average molecular weight is 514 g/mol. The Bertz CT molecular complexity index is 1090. The van der Waals surface area contributed by atoms with Crippen molar-refractivity contribution in [3.8, 4) is 5.88 Å². The third-order valence-corrected chi connectivity index (χ3v) is 4.84. The number of hydrogen-bond donors (Lipinski definition) is 1. The van der Waals surface area contributed by atoms with Gasteiger partial charge >= 0.3 is 12.3 Å². The summed E-state index contributed by atoms with van der Waals surface area (Å²) in [6.45, 7) is 6.66. The Morgan fingerprint density at radius 3 is 2.42 bits per heavy atom. The minimum absolute atomic E-state index is 0.0239. The number of piperazine rings is 1. The fourth-order valence-corrected chi connectivity index (χ4v) is 3.20. The van der Waals surface area contributed by atoms with Crippen molar-refractivity contribution in [1.82, 2.24) is 20.3 Å². The van der Waals surface area contributed by atoms with E-state index >= 15 is 4.39 Å². The Hall–Kier alpha value is -3.71. The van der Waals surface area contributed by atoms with Gasteiger partial charge in [-0.15, -0.1) is 0 Å². The zero-order chi connectivity index (χ0) is 26.7. The summed E-state index contributed by atoms with van der Waals surface area (Å²) >= 11 is 0. The molecular weight excluding hydrogens is 488 g/mol. The van der Waals surface area contributed by atoms with E-state index in [2.05, 4.69) is 20.3 Å². The second-order valence-corrected chi connectivity index (χ2v) is 9.09. The highest BCUT2D eigenvalue weighted by molar-refractivity contribution is 5.97. The van der Waals surface area contributed by atoms with Gasteiger partial charge in [0.15, 0.2) is 0 Å². The number of nitrogens with zero attached hydrogens (tertiary/aromatic N) is 5. The quantitative estimate of drug-likeness (QED) is 0.586. The second-order valence-electron chi connectivity index (χ2n) is 9.09. The van der Waals surface area contributed by atoms with E-state index < -0.39 is 41.2 Å². The van der Waals surface area contributed by atoms with Gasteiger partial charge in [0.05, 0.1) is 11.3 Å². The molecule has 0 spiro atoms. The lowest BCUT2D eigenvalue weighted by Gasteiger charge is -2.34. The van der Waals surface area contributed by atoms with Gasteiger partial charge in [-0.05, 0) is 33.8 Å². The number of amides is 2. The van der Waals surface area contributed by atoms with Gasteiger partial charge in [0, 0.05) is 37.2 Å². The minimum Gasteiger partial charge on any atom is -0.472 e. The number of ether oxygens (including phenoxy) is 2. The first-order valence-electron chi connectivity index (χ1n) is 11.0. The van der Waals surface area contributed by atoms with Crippen LogP contribution in [-0.2, 0) is 15.7 Å². The number of carbonyl (C=O) groups is 2. The third kappa shape index (κ3) is 6.92. The molecule has 1 fully saturated rings. The molecule has 14 heteroatoms. The van der Waals surface area contributed by atoms with Crippen LogP contribution in [0.15, 0.2) is 24.7 Å². The molecule has 3 rings (SSSR count). The zero-order valence-electron chi connectivity index (χ0n) is 20.1. The van der Waals surface area contributed by atoms with Crippen LogP contribution in [0.1, 0.15) is 33.3 Å². The standard InChI is InChI=1S/C22H26F4N6O4/c1-13(36-20(34)30-21(2,3)4)12-35-18-17(23)15(5-6-27-18)32-8-7-31(11-16(32)33)19-28-9-14(10-29-19)22(24,25)26/h5-6,9-10,13H,7-8,11-12H2,1-4H3,(H,30,34)/t13-/m0/s1. The van der Waals surface area contributed by atoms with E-state index in [9.17, 15) is 22.8 Å². The van der Waals surface area contributed by atoms with Crippen LogP contribution in [0.3, 0.4) is 0 Å². The van der Waals surface area contributed by atoms with Crippen molar-refractivity contribution in [2.45, 2.75) is 45.5 Å². The normalized spacial score (nSPS) is 15.5. The molecule has 0 bridgehead atoms. The van der Waals surface area contributed by atoms with Crippen molar-refractivity contribution in [1.29, 1.82) is 0 Å². The van der Waals surface area contributed by atoms with Gasteiger partial charge in [-0.25, -0.2) is 19.7 Å². The number of alkyl carbamates (subject to hydrolysis) is 1. The van der Waals surface area contributed by atoms with E-state index in [1.54, 1.807) is 27.7 Å². The summed E-state index contributed by atoms with van der Waals surface area (Å²) in [6, 6.07) is 1.31. The first-order valence-corrected chi connectivity index (χ1v) is 11.0. The number of rotatable bonds is 6. The molecule has 0 radical (unpaired) electrons. The summed E-state index contributed by atoms with van der Waals surface area (Å²) in [5.74, 6) is -1.81. The summed E-state index contributed by atoms with van der Waals surface area (Å²) in [4.78, 5) is 38.4. The highest BCUT2D eigenvalue weighted by Gasteiger charge is 2.33. The maximum absolute atomic E-state index is 15.1. The number of hydrogen-bond acceptors (Lipinski definition) is 8. The largest absolute Gasteiger partial charge is 0.472 e. The Balaban J connectivity index is 1.61. The smallest absolute Gasteiger partial charge is 0.419 e. The number of anilines is 2. The van der Waals surface area contributed by atoms with Crippen LogP contribution in [0, 0.1) is 5.82 Å². The molecule has 0 unspecified atom stereocenters. The van der Waals surface area contributed by atoms with Crippen molar-refractivity contribution in [3.63, 3.8) is 0 Å². The molecule has 196 valence electrons. The molecule has 2 aromatic heterocycles. The molecule has 3 heterocycles. The van der Waals surface area contributed by atoms with Crippen molar-refractivity contribution in [2.24, 2.45) is 0 Å². The monoisotopic (exact) mass is 514 g/mol. The van der Waals surface area contributed by atoms with Crippen molar-refractivity contribution in [2.75, 3.05) is 36.0 Å². The summed E-state index contributed by atoms with van der Waals surface area (Å²) in [7, 11) is 0. The molecule has 10 nitrogen and oxygen atoms in total. The van der Waals surface area contributed by atoms with Crippen LogP contribution in [-0.4, -0.2) is 64.8 Å². The van der Waals surface area contributed by atoms with E-state index in [1.807, 2.05) is 0 Å². The zero-order valence-corrected chi connectivity index (χ0v) is 20.1. The van der Waals surface area contributed by atoms with Gasteiger partial charge in [0.2, 0.25) is 17.7 Å². The number of aromatic nitrogens is 3. The number of halogens is 4. The van der Waals surface area contributed by atoms with Crippen molar-refractivity contribution >= 4 is 23.6 Å². The highest BCUT2D eigenvalue weighted by atomic mass is 19.4. The van der Waals surface area contributed by atoms with E-state index in [0.717, 1.165) is 0 Å². The van der Waals surface area contributed by atoms with Crippen LogP contribution in [0.5, 0.6) is 5.88 Å². The summed E-state index contributed by atoms with van der Waals surface area (Å²) < 4.78 is 63.8. The molecule has 1 N–H and O–H groups in total. The lowest BCUT2D eigenvalue weighted by Crippen LogP contribution is -2.51. The van der Waals surface area contributed by atoms with E-state index in [1.165, 1.54) is 22.1 Å². The Morgan fingerprint density at radius 1 is 1.17 bits per heavy atom. The van der Waals surface area contributed by atoms with Crippen LogP contribution in [0.4, 0.5) is 34.0 Å². The molecular formula is C22H26F4N6O4. The number of nitrogens with one attached hydrogen (secondary N) is 1. The van der Waals surface area contributed by atoms with Gasteiger partial charge in [-0.2, -0.15) is 17.6 Å². The SMILES string of the molecule is C[C@@H](COc1nccc(N2CCN(c3ncc(C(F)(F)F)cn3)CC2=O)c1F)OC(=O)NC(C)(C)C. The van der Waals surface area contributed by atoms with Gasteiger partial charge in [0.25, 0.3) is 5.88 Å². The van der Waals surface area contributed by atoms with Crippen molar-refractivity contribution in [3.05, 3.63) is 36.0 Å². The second kappa shape index (κ2) is 10.5. The van der Waals surface area contributed by atoms with Crippen LogP contribution in [0.25, 0.3) is 0 Å².